The molecule has 0 aromatic carbocycles. The van der Waals surface area contributed by atoms with E-state index in [1.54, 1.807) is 0 Å². The molecule has 0 aliphatic carbocycles. The second-order valence-corrected chi connectivity index (χ2v) is 4.54. The fraction of sp³-hybridized carbons (Fsp3) is 0.818. The lowest BCUT2D eigenvalue weighted by atomic mass is 10.2. The first-order chi connectivity index (χ1) is 7.19. The molecule has 1 aromatic rings. The summed E-state index contributed by atoms with van der Waals surface area (Å²) in [6.45, 7) is 7.54. The number of hydrogen-bond acceptors (Lipinski definition) is 2. The Kier molecular flexibility index (Phi) is 5.09. The van der Waals surface area contributed by atoms with E-state index in [2.05, 4.69) is 35.5 Å². The van der Waals surface area contributed by atoms with Gasteiger partial charge in [-0.1, -0.05) is 27.2 Å². The standard InChI is InChI=1S/C11H20ClN3/c1-4-5-6-10-13-14-11(7-12)15(10)8-9(2)3/h9H,4-8H2,1-3H3. The molecule has 1 aromatic heterocycles. The van der Waals surface area contributed by atoms with E-state index in [1.165, 1.54) is 12.8 Å². The van der Waals surface area contributed by atoms with Gasteiger partial charge in [0.1, 0.15) is 11.6 Å². The van der Waals surface area contributed by atoms with Gasteiger partial charge in [-0.3, -0.25) is 0 Å². The second kappa shape index (κ2) is 6.11. The van der Waals surface area contributed by atoms with Gasteiger partial charge in [-0.15, -0.1) is 21.8 Å². The lowest BCUT2D eigenvalue weighted by molar-refractivity contribution is 0.493. The minimum Gasteiger partial charge on any atom is -0.314 e. The van der Waals surface area contributed by atoms with Crippen molar-refractivity contribution in [3.05, 3.63) is 11.6 Å². The first-order valence-corrected chi connectivity index (χ1v) is 6.19. The molecule has 0 saturated carbocycles. The SMILES string of the molecule is CCCCc1nnc(CCl)n1CC(C)C. The molecule has 3 nitrogen and oxygen atoms in total. The van der Waals surface area contributed by atoms with Crippen LogP contribution in [0.25, 0.3) is 0 Å². The molecule has 0 aliphatic heterocycles. The minimum absolute atomic E-state index is 0.450. The van der Waals surface area contributed by atoms with Crippen LogP contribution in [-0.2, 0) is 18.8 Å². The van der Waals surface area contributed by atoms with Crippen LogP contribution < -0.4 is 0 Å². The van der Waals surface area contributed by atoms with Crippen molar-refractivity contribution >= 4 is 11.6 Å². The number of rotatable bonds is 6. The first-order valence-electron chi connectivity index (χ1n) is 5.66. The highest BCUT2D eigenvalue weighted by Crippen LogP contribution is 2.11. The van der Waals surface area contributed by atoms with E-state index in [0.717, 1.165) is 24.6 Å². The zero-order valence-corrected chi connectivity index (χ0v) is 10.6. The summed E-state index contributed by atoms with van der Waals surface area (Å²) in [5, 5.41) is 8.33. The highest BCUT2D eigenvalue weighted by molar-refractivity contribution is 6.16. The average Bonchev–Trinajstić information content (AvgIpc) is 2.57. The van der Waals surface area contributed by atoms with Crippen molar-refractivity contribution in [3.8, 4) is 0 Å². The third-order valence-electron chi connectivity index (χ3n) is 2.33. The monoisotopic (exact) mass is 229 g/mol. The zero-order chi connectivity index (χ0) is 11.3. The van der Waals surface area contributed by atoms with Crippen molar-refractivity contribution < 1.29 is 0 Å². The van der Waals surface area contributed by atoms with Gasteiger partial charge in [-0.25, -0.2) is 0 Å². The van der Waals surface area contributed by atoms with E-state index < -0.39 is 0 Å². The molecule has 1 heterocycles. The van der Waals surface area contributed by atoms with Crippen LogP contribution in [0.3, 0.4) is 0 Å². The van der Waals surface area contributed by atoms with E-state index in [-0.39, 0.29) is 0 Å². The fourth-order valence-electron chi connectivity index (χ4n) is 1.57. The van der Waals surface area contributed by atoms with Gasteiger partial charge in [0, 0.05) is 13.0 Å². The van der Waals surface area contributed by atoms with E-state index in [9.17, 15) is 0 Å². The number of nitrogens with zero attached hydrogens (tertiary/aromatic N) is 3. The normalized spacial score (nSPS) is 11.3. The van der Waals surface area contributed by atoms with Crippen LogP contribution in [0.4, 0.5) is 0 Å². The van der Waals surface area contributed by atoms with Crippen molar-refractivity contribution in [1.29, 1.82) is 0 Å². The summed E-state index contributed by atoms with van der Waals surface area (Å²) in [5.41, 5.74) is 0. The number of aryl methyl sites for hydroxylation is 1. The molecule has 0 amide bonds. The number of halogens is 1. The molecule has 4 heteroatoms. The van der Waals surface area contributed by atoms with Crippen molar-refractivity contribution in [1.82, 2.24) is 14.8 Å². The van der Waals surface area contributed by atoms with Crippen molar-refractivity contribution in [2.24, 2.45) is 5.92 Å². The topological polar surface area (TPSA) is 30.7 Å². The molecule has 1 rings (SSSR count). The molecule has 15 heavy (non-hydrogen) atoms. The summed E-state index contributed by atoms with van der Waals surface area (Å²) in [5.74, 6) is 3.03. The zero-order valence-electron chi connectivity index (χ0n) is 9.83. The molecule has 86 valence electrons. The predicted octanol–water partition coefficient (Wildman–Crippen LogP) is 3.02. The number of aromatic nitrogens is 3. The Bertz CT molecular complexity index is 294. The maximum atomic E-state index is 5.84. The maximum absolute atomic E-state index is 5.84. The van der Waals surface area contributed by atoms with Crippen LogP contribution in [0.15, 0.2) is 0 Å². The smallest absolute Gasteiger partial charge is 0.147 e. The van der Waals surface area contributed by atoms with Crippen molar-refractivity contribution in [3.63, 3.8) is 0 Å². The van der Waals surface area contributed by atoms with Gasteiger partial charge in [0.05, 0.1) is 5.88 Å². The molecule has 0 saturated heterocycles. The molecule has 0 bridgehead atoms. The van der Waals surface area contributed by atoms with E-state index in [4.69, 9.17) is 11.6 Å². The summed E-state index contributed by atoms with van der Waals surface area (Å²) < 4.78 is 2.17. The van der Waals surface area contributed by atoms with Crippen LogP contribution in [-0.4, -0.2) is 14.8 Å². The van der Waals surface area contributed by atoms with Gasteiger partial charge in [0.15, 0.2) is 0 Å². The van der Waals surface area contributed by atoms with Crippen LogP contribution in [0.1, 0.15) is 45.3 Å². The van der Waals surface area contributed by atoms with Gasteiger partial charge in [0.25, 0.3) is 0 Å². The van der Waals surface area contributed by atoms with Crippen LogP contribution >= 0.6 is 11.6 Å². The molecule has 0 spiro atoms. The number of hydrogen-bond donors (Lipinski definition) is 0. The van der Waals surface area contributed by atoms with Crippen molar-refractivity contribution in [2.45, 2.75) is 52.5 Å². The lowest BCUT2D eigenvalue weighted by Gasteiger charge is -2.11. The third-order valence-corrected chi connectivity index (χ3v) is 2.56. The summed E-state index contributed by atoms with van der Waals surface area (Å²) in [6, 6.07) is 0. The summed E-state index contributed by atoms with van der Waals surface area (Å²) >= 11 is 5.84. The van der Waals surface area contributed by atoms with Gasteiger partial charge in [0.2, 0.25) is 0 Å². The largest absolute Gasteiger partial charge is 0.314 e. The molecule has 0 fully saturated rings. The quantitative estimate of drug-likeness (QED) is 0.703. The molecule has 0 radical (unpaired) electrons. The number of unbranched alkanes of at least 4 members (excludes halogenated alkanes) is 1. The fourth-order valence-corrected chi connectivity index (χ4v) is 1.76. The maximum Gasteiger partial charge on any atom is 0.147 e. The van der Waals surface area contributed by atoms with Gasteiger partial charge in [-0.05, 0) is 12.3 Å². The summed E-state index contributed by atoms with van der Waals surface area (Å²) in [7, 11) is 0. The Hall–Kier alpha value is -0.570. The Balaban J connectivity index is 2.80. The van der Waals surface area contributed by atoms with E-state index in [0.29, 0.717) is 11.8 Å². The molecular formula is C11H20ClN3. The highest BCUT2D eigenvalue weighted by atomic mass is 35.5. The highest BCUT2D eigenvalue weighted by Gasteiger charge is 2.11. The average molecular weight is 230 g/mol. The van der Waals surface area contributed by atoms with Crippen LogP contribution in [0.2, 0.25) is 0 Å². The molecule has 0 unspecified atom stereocenters. The van der Waals surface area contributed by atoms with Gasteiger partial charge < -0.3 is 4.57 Å². The Morgan fingerprint density at radius 3 is 2.47 bits per heavy atom. The van der Waals surface area contributed by atoms with Gasteiger partial charge >= 0.3 is 0 Å². The van der Waals surface area contributed by atoms with E-state index >= 15 is 0 Å². The summed E-state index contributed by atoms with van der Waals surface area (Å²) in [6.07, 6.45) is 3.36. The molecule has 0 N–H and O–H groups in total. The van der Waals surface area contributed by atoms with Crippen molar-refractivity contribution in [2.75, 3.05) is 0 Å². The third kappa shape index (κ3) is 3.49. The molecule has 0 aliphatic rings. The predicted molar refractivity (Wildman–Crippen MR) is 63.0 cm³/mol. The van der Waals surface area contributed by atoms with E-state index in [1.807, 2.05) is 0 Å². The molecular weight excluding hydrogens is 210 g/mol. The minimum atomic E-state index is 0.450. The molecule has 0 atom stereocenters. The second-order valence-electron chi connectivity index (χ2n) is 4.27. The number of alkyl halides is 1. The lowest BCUT2D eigenvalue weighted by Crippen LogP contribution is -2.11. The Morgan fingerprint density at radius 1 is 1.27 bits per heavy atom. The summed E-state index contributed by atoms with van der Waals surface area (Å²) in [4.78, 5) is 0. The van der Waals surface area contributed by atoms with Crippen LogP contribution in [0, 0.1) is 5.92 Å². The van der Waals surface area contributed by atoms with Crippen LogP contribution in [0.5, 0.6) is 0 Å². The first kappa shape index (κ1) is 12.5. The Morgan fingerprint density at radius 2 is 1.93 bits per heavy atom. The van der Waals surface area contributed by atoms with Gasteiger partial charge in [-0.2, -0.15) is 0 Å². The Labute approximate surface area is 96.8 Å².